The zero-order chi connectivity index (χ0) is 32.6. The summed E-state index contributed by atoms with van der Waals surface area (Å²) in [6.07, 6.45) is 0. The molecule has 0 radical (unpaired) electrons. The summed E-state index contributed by atoms with van der Waals surface area (Å²) < 4.78 is 7.19. The van der Waals surface area contributed by atoms with Crippen LogP contribution in [0.5, 0.6) is 0 Å². The van der Waals surface area contributed by atoms with E-state index in [0.717, 1.165) is 66.1 Å². The maximum atomic E-state index is 9.89. The summed E-state index contributed by atoms with van der Waals surface area (Å²) in [5.74, 6) is 0. The third-order valence-electron chi connectivity index (χ3n) is 9.77. The summed E-state index contributed by atoms with van der Waals surface area (Å²) in [5.41, 5.74) is 9.91. The van der Waals surface area contributed by atoms with E-state index in [0.29, 0.717) is 11.1 Å². The van der Waals surface area contributed by atoms with Gasteiger partial charge in [-0.3, -0.25) is 0 Å². The molecule has 0 aliphatic heterocycles. The van der Waals surface area contributed by atoms with Crippen LogP contribution in [0.2, 0.25) is 0 Å². The van der Waals surface area contributed by atoms with E-state index in [-0.39, 0.29) is 0 Å². The highest BCUT2D eigenvalue weighted by atomic mass is 32.1. The van der Waals surface area contributed by atoms with Crippen LogP contribution in [0.15, 0.2) is 146 Å². The van der Waals surface area contributed by atoms with Gasteiger partial charge >= 0.3 is 0 Å². The van der Waals surface area contributed by atoms with E-state index in [1.54, 1.807) is 0 Å². The lowest BCUT2D eigenvalue weighted by molar-refractivity contribution is 1.16. The molecule has 10 aromatic rings. The predicted molar refractivity (Wildman–Crippen MR) is 203 cm³/mol. The van der Waals surface area contributed by atoms with Crippen molar-refractivity contribution in [2.75, 3.05) is 0 Å². The molecular weight excluding hydrogens is 617 g/mol. The zero-order valence-electron chi connectivity index (χ0n) is 26.1. The van der Waals surface area contributed by atoms with Crippen molar-refractivity contribution in [2.45, 2.75) is 0 Å². The standard InChI is InChI=1S/C44H24N4S/c45-25-27-17-19-40-33(21-27)31-11-3-7-15-39(31)47(40)37-13-5-1-9-29(37)30-10-2-6-14-38(30)48-41-20-18-28(26-46)22-34(41)35-23-36-32-12-4-8-16-43(32)49-44(36)24-42(35)48/h1-24H. The number of para-hydroxylation sites is 3. The number of benzene rings is 7. The molecule has 0 N–H and O–H groups in total. The second kappa shape index (κ2) is 10.4. The molecule has 10 rings (SSSR count). The van der Waals surface area contributed by atoms with Gasteiger partial charge < -0.3 is 9.13 Å². The number of hydrogen-bond donors (Lipinski definition) is 0. The first-order valence-electron chi connectivity index (χ1n) is 16.1. The van der Waals surface area contributed by atoms with Crippen molar-refractivity contribution < 1.29 is 0 Å². The Bertz CT molecular complexity index is 3090. The molecule has 0 fully saturated rings. The van der Waals surface area contributed by atoms with Crippen LogP contribution in [0.25, 0.3) is 86.3 Å². The van der Waals surface area contributed by atoms with E-state index >= 15 is 0 Å². The summed E-state index contributed by atoms with van der Waals surface area (Å²) in [7, 11) is 0. The Kier molecular flexibility index (Phi) is 5.84. The van der Waals surface area contributed by atoms with Crippen molar-refractivity contribution in [3.63, 3.8) is 0 Å². The van der Waals surface area contributed by atoms with Crippen LogP contribution in [0.4, 0.5) is 0 Å². The second-order valence-electron chi connectivity index (χ2n) is 12.4. The first kappa shape index (κ1) is 27.5. The van der Waals surface area contributed by atoms with E-state index in [1.807, 2.05) is 35.6 Å². The summed E-state index contributed by atoms with van der Waals surface area (Å²) in [6.45, 7) is 0. The van der Waals surface area contributed by atoms with Crippen LogP contribution >= 0.6 is 11.3 Å². The maximum absolute atomic E-state index is 9.89. The van der Waals surface area contributed by atoms with Crippen molar-refractivity contribution in [3.8, 4) is 34.6 Å². The molecule has 0 saturated heterocycles. The predicted octanol–water partition coefficient (Wildman–Crippen LogP) is 11.7. The Hall–Kier alpha value is -6.66. The lowest BCUT2D eigenvalue weighted by Crippen LogP contribution is -2.01. The second-order valence-corrected chi connectivity index (χ2v) is 13.5. The molecule has 0 unspecified atom stereocenters. The Labute approximate surface area is 285 Å². The van der Waals surface area contributed by atoms with Gasteiger partial charge in [0.25, 0.3) is 0 Å². The van der Waals surface area contributed by atoms with E-state index in [2.05, 4.69) is 143 Å². The molecule has 5 heteroatoms. The number of nitriles is 2. The third kappa shape index (κ3) is 3.95. The Morgan fingerprint density at radius 2 is 0.898 bits per heavy atom. The van der Waals surface area contributed by atoms with Crippen LogP contribution in [0, 0.1) is 22.7 Å². The van der Waals surface area contributed by atoms with Gasteiger partial charge in [0.1, 0.15) is 0 Å². The molecule has 3 heterocycles. The van der Waals surface area contributed by atoms with Crippen molar-refractivity contribution >= 4 is 75.1 Å². The van der Waals surface area contributed by atoms with Gasteiger partial charge in [0.05, 0.1) is 56.7 Å². The Morgan fingerprint density at radius 3 is 1.57 bits per heavy atom. The number of thiophene rings is 1. The first-order valence-corrected chi connectivity index (χ1v) is 17.0. The van der Waals surface area contributed by atoms with E-state index < -0.39 is 0 Å². The van der Waals surface area contributed by atoms with Crippen LogP contribution in [0.1, 0.15) is 11.1 Å². The molecule has 0 saturated carbocycles. The molecular formula is C44H24N4S. The smallest absolute Gasteiger partial charge is 0.0991 e. The van der Waals surface area contributed by atoms with Gasteiger partial charge in [0.2, 0.25) is 0 Å². The first-order chi connectivity index (χ1) is 24.2. The minimum absolute atomic E-state index is 0.645. The lowest BCUT2D eigenvalue weighted by atomic mass is 10.0. The molecule has 226 valence electrons. The largest absolute Gasteiger partial charge is 0.309 e. The quantitative estimate of drug-likeness (QED) is 0.193. The van der Waals surface area contributed by atoms with Crippen molar-refractivity contribution in [2.24, 2.45) is 0 Å². The van der Waals surface area contributed by atoms with Crippen LogP contribution in [-0.2, 0) is 0 Å². The zero-order valence-corrected chi connectivity index (χ0v) is 26.9. The number of hydrogen-bond acceptors (Lipinski definition) is 3. The minimum atomic E-state index is 0.645. The highest BCUT2D eigenvalue weighted by Crippen LogP contribution is 2.43. The summed E-state index contributed by atoms with van der Waals surface area (Å²) in [6, 6.07) is 55.5. The molecule has 0 spiro atoms. The van der Waals surface area contributed by atoms with Gasteiger partial charge in [-0.25, -0.2) is 0 Å². The molecule has 0 aliphatic rings. The van der Waals surface area contributed by atoms with E-state index in [1.165, 1.54) is 20.2 Å². The van der Waals surface area contributed by atoms with Crippen molar-refractivity contribution in [1.82, 2.24) is 9.13 Å². The van der Waals surface area contributed by atoms with Gasteiger partial charge in [-0.05, 0) is 72.8 Å². The fraction of sp³-hybridized carbons (Fsp3) is 0. The molecule has 0 atom stereocenters. The van der Waals surface area contributed by atoms with Crippen molar-refractivity contribution in [1.29, 1.82) is 10.5 Å². The van der Waals surface area contributed by atoms with E-state index in [9.17, 15) is 10.5 Å². The molecule has 7 aromatic carbocycles. The van der Waals surface area contributed by atoms with Crippen LogP contribution < -0.4 is 0 Å². The summed E-state index contributed by atoms with van der Waals surface area (Å²) in [4.78, 5) is 0. The average Bonchev–Trinajstić information content (AvgIpc) is 3.80. The highest BCUT2D eigenvalue weighted by Gasteiger charge is 2.21. The Morgan fingerprint density at radius 1 is 0.388 bits per heavy atom. The van der Waals surface area contributed by atoms with Gasteiger partial charge in [0, 0.05) is 52.8 Å². The normalized spacial score (nSPS) is 11.6. The number of aromatic nitrogens is 2. The van der Waals surface area contributed by atoms with Gasteiger partial charge in [-0.1, -0.05) is 72.8 Å². The summed E-state index contributed by atoms with van der Waals surface area (Å²) in [5, 5.41) is 26.4. The SMILES string of the molecule is N#Cc1ccc2c(c1)c1ccccc1n2-c1ccccc1-c1ccccc1-n1c2ccc(C#N)cc2c2cc3c(cc21)sc1ccccc13. The third-order valence-corrected chi connectivity index (χ3v) is 10.9. The lowest BCUT2D eigenvalue weighted by Gasteiger charge is -2.18. The molecule has 49 heavy (non-hydrogen) atoms. The van der Waals surface area contributed by atoms with Gasteiger partial charge in [-0.15, -0.1) is 11.3 Å². The highest BCUT2D eigenvalue weighted by molar-refractivity contribution is 7.25. The molecule has 3 aromatic heterocycles. The van der Waals surface area contributed by atoms with Crippen LogP contribution in [-0.4, -0.2) is 9.13 Å². The van der Waals surface area contributed by atoms with Crippen LogP contribution in [0.3, 0.4) is 0 Å². The maximum Gasteiger partial charge on any atom is 0.0991 e. The number of rotatable bonds is 3. The fourth-order valence-corrected chi connectivity index (χ4v) is 8.78. The van der Waals surface area contributed by atoms with Gasteiger partial charge in [0.15, 0.2) is 0 Å². The topological polar surface area (TPSA) is 57.4 Å². The van der Waals surface area contributed by atoms with Gasteiger partial charge in [-0.2, -0.15) is 10.5 Å². The molecule has 0 amide bonds. The molecule has 0 aliphatic carbocycles. The average molecular weight is 641 g/mol. The summed E-state index contributed by atoms with van der Waals surface area (Å²) >= 11 is 1.81. The number of fused-ring (bicyclic) bond motifs is 9. The van der Waals surface area contributed by atoms with Crippen molar-refractivity contribution in [3.05, 3.63) is 157 Å². The fourth-order valence-electron chi connectivity index (χ4n) is 7.66. The molecule has 0 bridgehead atoms. The molecule has 4 nitrogen and oxygen atoms in total. The Balaban J connectivity index is 1.29. The minimum Gasteiger partial charge on any atom is -0.309 e. The number of nitrogens with zero attached hydrogens (tertiary/aromatic N) is 4. The monoisotopic (exact) mass is 640 g/mol. The van der Waals surface area contributed by atoms with E-state index in [4.69, 9.17) is 0 Å².